The lowest BCUT2D eigenvalue weighted by Gasteiger charge is -2.15. The summed E-state index contributed by atoms with van der Waals surface area (Å²) in [6.07, 6.45) is -5.06. The number of carboxylic acids is 1. The van der Waals surface area contributed by atoms with Crippen LogP contribution in [-0.2, 0) is 10.0 Å². The third-order valence-corrected chi connectivity index (χ3v) is 4.50. The van der Waals surface area contributed by atoms with Crippen LogP contribution in [0.3, 0.4) is 0 Å². The maximum atomic E-state index is 12.4. The SMILES string of the molecule is Cc1ccc(C(=O)O)cc1NS(=O)(=O)c1ccccc1OC(F)(F)F. The Bertz CT molecular complexity index is 910. The van der Waals surface area contributed by atoms with E-state index in [2.05, 4.69) is 9.46 Å². The number of hydrogen-bond acceptors (Lipinski definition) is 4. The van der Waals surface area contributed by atoms with Gasteiger partial charge in [0.25, 0.3) is 10.0 Å². The van der Waals surface area contributed by atoms with Crippen LogP contribution in [0.2, 0.25) is 0 Å². The molecular formula is C15H12F3NO5S. The van der Waals surface area contributed by atoms with Crippen LogP contribution in [0.4, 0.5) is 18.9 Å². The molecule has 0 aliphatic heterocycles. The van der Waals surface area contributed by atoms with Crippen LogP contribution in [0.5, 0.6) is 5.75 Å². The highest BCUT2D eigenvalue weighted by molar-refractivity contribution is 7.92. The number of para-hydroxylation sites is 1. The van der Waals surface area contributed by atoms with E-state index in [0.29, 0.717) is 5.56 Å². The number of nitrogens with one attached hydrogen (secondary N) is 1. The van der Waals surface area contributed by atoms with Gasteiger partial charge >= 0.3 is 12.3 Å². The monoisotopic (exact) mass is 375 g/mol. The molecule has 0 aliphatic carbocycles. The van der Waals surface area contributed by atoms with Crippen LogP contribution >= 0.6 is 0 Å². The van der Waals surface area contributed by atoms with E-state index in [0.717, 1.165) is 18.2 Å². The smallest absolute Gasteiger partial charge is 0.478 e. The van der Waals surface area contributed by atoms with E-state index in [9.17, 15) is 26.4 Å². The van der Waals surface area contributed by atoms with Crippen LogP contribution in [0, 0.1) is 6.92 Å². The average Bonchev–Trinajstić information content (AvgIpc) is 2.47. The lowest BCUT2D eigenvalue weighted by molar-refractivity contribution is -0.275. The van der Waals surface area contributed by atoms with Crippen molar-refractivity contribution in [2.45, 2.75) is 18.2 Å². The highest BCUT2D eigenvalue weighted by Crippen LogP contribution is 2.31. The lowest BCUT2D eigenvalue weighted by Crippen LogP contribution is -2.21. The summed E-state index contributed by atoms with van der Waals surface area (Å²) in [5.74, 6) is -2.17. The molecule has 0 fully saturated rings. The third-order valence-electron chi connectivity index (χ3n) is 3.09. The molecule has 2 aromatic rings. The summed E-state index contributed by atoms with van der Waals surface area (Å²) in [6.45, 7) is 1.52. The van der Waals surface area contributed by atoms with Gasteiger partial charge in [-0.3, -0.25) is 4.72 Å². The van der Waals surface area contributed by atoms with E-state index in [-0.39, 0.29) is 11.3 Å². The molecule has 0 radical (unpaired) electrons. The number of halogens is 3. The first-order valence-corrected chi connectivity index (χ1v) is 8.19. The number of sulfonamides is 1. The second-order valence-electron chi connectivity index (χ2n) is 4.93. The number of alkyl halides is 3. The summed E-state index contributed by atoms with van der Waals surface area (Å²) in [7, 11) is -4.45. The second kappa shape index (κ2) is 6.63. The maximum Gasteiger partial charge on any atom is 0.573 e. The van der Waals surface area contributed by atoms with Crippen LogP contribution < -0.4 is 9.46 Å². The van der Waals surface area contributed by atoms with Crippen molar-refractivity contribution < 1.29 is 36.2 Å². The summed E-state index contributed by atoms with van der Waals surface area (Å²) in [6, 6.07) is 7.95. The summed E-state index contributed by atoms with van der Waals surface area (Å²) < 4.78 is 68.0. The second-order valence-corrected chi connectivity index (χ2v) is 6.59. The summed E-state index contributed by atoms with van der Waals surface area (Å²) in [4.78, 5) is 10.3. The average molecular weight is 375 g/mol. The van der Waals surface area contributed by atoms with Crippen LogP contribution in [0.15, 0.2) is 47.4 Å². The van der Waals surface area contributed by atoms with Crippen molar-refractivity contribution in [3.63, 3.8) is 0 Å². The zero-order valence-electron chi connectivity index (χ0n) is 12.7. The molecule has 6 nitrogen and oxygen atoms in total. The molecule has 2 aromatic carbocycles. The fourth-order valence-electron chi connectivity index (χ4n) is 1.95. The fraction of sp³-hybridized carbons (Fsp3) is 0.133. The number of carboxylic acid groups (broad SMARTS) is 1. The van der Waals surface area contributed by atoms with E-state index in [1.807, 2.05) is 0 Å². The standard InChI is InChI=1S/C15H12F3NO5S/c1-9-6-7-10(14(20)21)8-11(9)19-25(22,23)13-5-3-2-4-12(13)24-15(16,17)18/h2-8,19H,1H3,(H,20,21). The summed E-state index contributed by atoms with van der Waals surface area (Å²) in [5, 5.41) is 8.96. The molecule has 0 atom stereocenters. The number of hydrogen-bond donors (Lipinski definition) is 2. The molecular weight excluding hydrogens is 363 g/mol. The fourth-order valence-corrected chi connectivity index (χ4v) is 3.20. The topological polar surface area (TPSA) is 92.7 Å². The van der Waals surface area contributed by atoms with Crippen molar-refractivity contribution >= 4 is 21.7 Å². The molecule has 0 aromatic heterocycles. The number of benzene rings is 2. The highest BCUT2D eigenvalue weighted by atomic mass is 32.2. The minimum absolute atomic E-state index is 0.0679. The van der Waals surface area contributed by atoms with E-state index in [1.54, 1.807) is 0 Å². The first-order chi connectivity index (χ1) is 11.5. The zero-order valence-corrected chi connectivity index (χ0v) is 13.5. The lowest BCUT2D eigenvalue weighted by atomic mass is 10.1. The zero-order chi connectivity index (χ0) is 18.8. The van der Waals surface area contributed by atoms with E-state index in [1.165, 1.54) is 31.2 Å². The van der Waals surface area contributed by atoms with Gasteiger partial charge in [0.1, 0.15) is 10.6 Å². The molecule has 0 spiro atoms. The van der Waals surface area contributed by atoms with Crippen molar-refractivity contribution in [3.8, 4) is 5.75 Å². The van der Waals surface area contributed by atoms with Gasteiger partial charge in [0, 0.05) is 0 Å². The van der Waals surface area contributed by atoms with E-state index < -0.39 is 33.0 Å². The number of carbonyl (C=O) groups is 1. The minimum Gasteiger partial charge on any atom is -0.478 e. The predicted octanol–water partition coefficient (Wildman–Crippen LogP) is 3.39. The maximum absolute atomic E-state index is 12.4. The van der Waals surface area contributed by atoms with Gasteiger partial charge in [-0.05, 0) is 36.8 Å². The third kappa shape index (κ3) is 4.63. The summed E-state index contributed by atoms with van der Waals surface area (Å²) >= 11 is 0. The van der Waals surface area contributed by atoms with Gasteiger partial charge in [0.2, 0.25) is 0 Å². The van der Waals surface area contributed by atoms with Crippen LogP contribution in [0.1, 0.15) is 15.9 Å². The Morgan fingerprint density at radius 2 is 1.80 bits per heavy atom. The molecule has 0 unspecified atom stereocenters. The molecule has 0 saturated heterocycles. The molecule has 134 valence electrons. The van der Waals surface area contributed by atoms with Gasteiger partial charge in [-0.25, -0.2) is 13.2 Å². The van der Waals surface area contributed by atoms with E-state index >= 15 is 0 Å². The van der Waals surface area contributed by atoms with Gasteiger partial charge in [-0.1, -0.05) is 18.2 Å². The van der Waals surface area contributed by atoms with Gasteiger partial charge in [0.15, 0.2) is 0 Å². The van der Waals surface area contributed by atoms with Crippen molar-refractivity contribution in [3.05, 3.63) is 53.6 Å². The number of ether oxygens (including phenoxy) is 1. The normalized spacial score (nSPS) is 11.8. The molecule has 25 heavy (non-hydrogen) atoms. The predicted molar refractivity (Wildman–Crippen MR) is 82.1 cm³/mol. The molecule has 2 N–H and O–H groups in total. The van der Waals surface area contributed by atoms with Crippen LogP contribution in [0.25, 0.3) is 0 Å². The Balaban J connectivity index is 2.44. The Morgan fingerprint density at radius 3 is 2.40 bits per heavy atom. The number of aryl methyl sites for hydroxylation is 1. The molecule has 0 aliphatic rings. The quantitative estimate of drug-likeness (QED) is 0.836. The first-order valence-electron chi connectivity index (χ1n) is 6.71. The Labute approximate surface area is 140 Å². The van der Waals surface area contributed by atoms with E-state index in [4.69, 9.17) is 5.11 Å². The number of anilines is 1. The summed E-state index contributed by atoms with van der Waals surface area (Å²) in [5.41, 5.74) is 0.146. The Hall–Kier alpha value is -2.75. The molecule has 0 saturated carbocycles. The Morgan fingerprint density at radius 1 is 1.16 bits per heavy atom. The van der Waals surface area contributed by atoms with Crippen molar-refractivity contribution in [1.29, 1.82) is 0 Å². The molecule has 10 heteroatoms. The Kier molecular flexibility index (Phi) is 4.93. The molecule has 0 heterocycles. The highest BCUT2D eigenvalue weighted by Gasteiger charge is 2.34. The van der Waals surface area contributed by atoms with Crippen molar-refractivity contribution in [1.82, 2.24) is 0 Å². The first kappa shape index (κ1) is 18.6. The van der Waals surface area contributed by atoms with Crippen molar-refractivity contribution in [2.75, 3.05) is 4.72 Å². The van der Waals surface area contributed by atoms with Gasteiger partial charge in [0.05, 0.1) is 11.3 Å². The van der Waals surface area contributed by atoms with Crippen LogP contribution in [-0.4, -0.2) is 25.9 Å². The van der Waals surface area contributed by atoms with Gasteiger partial charge in [-0.2, -0.15) is 0 Å². The largest absolute Gasteiger partial charge is 0.573 e. The minimum atomic E-state index is -5.06. The van der Waals surface area contributed by atoms with Crippen molar-refractivity contribution in [2.24, 2.45) is 0 Å². The number of aromatic carboxylic acids is 1. The molecule has 0 amide bonds. The van der Waals surface area contributed by atoms with Gasteiger partial charge < -0.3 is 9.84 Å². The van der Waals surface area contributed by atoms with Gasteiger partial charge in [-0.15, -0.1) is 13.2 Å². The number of rotatable bonds is 5. The molecule has 0 bridgehead atoms. The molecule has 2 rings (SSSR count).